The SMILES string of the molecule is COC(=O)C(N)CCc1ccc(O)c2ccccc12. The van der Waals surface area contributed by atoms with Crippen molar-refractivity contribution in [2.75, 3.05) is 7.11 Å². The summed E-state index contributed by atoms with van der Waals surface area (Å²) in [5.74, 6) is -0.139. The summed E-state index contributed by atoms with van der Waals surface area (Å²) in [7, 11) is 1.33. The van der Waals surface area contributed by atoms with Crippen LogP contribution in [-0.2, 0) is 16.0 Å². The molecule has 3 N–H and O–H groups in total. The average Bonchev–Trinajstić information content (AvgIpc) is 2.45. The zero-order valence-electron chi connectivity index (χ0n) is 10.8. The third-order valence-electron chi connectivity index (χ3n) is 3.22. The first kappa shape index (κ1) is 13.4. The number of esters is 1. The van der Waals surface area contributed by atoms with E-state index in [4.69, 9.17) is 5.73 Å². The Morgan fingerprint density at radius 1 is 1.26 bits per heavy atom. The molecule has 2 rings (SSSR count). The quantitative estimate of drug-likeness (QED) is 0.823. The number of carbonyl (C=O) groups excluding carboxylic acids is 1. The van der Waals surface area contributed by atoms with Gasteiger partial charge < -0.3 is 15.6 Å². The number of benzene rings is 2. The van der Waals surface area contributed by atoms with Gasteiger partial charge in [0, 0.05) is 5.39 Å². The molecule has 0 radical (unpaired) electrons. The van der Waals surface area contributed by atoms with Gasteiger partial charge in [0.15, 0.2) is 0 Å². The minimum atomic E-state index is -0.613. The number of carbonyl (C=O) groups is 1. The van der Waals surface area contributed by atoms with E-state index in [-0.39, 0.29) is 5.75 Å². The highest BCUT2D eigenvalue weighted by molar-refractivity contribution is 5.90. The molecule has 0 saturated heterocycles. The van der Waals surface area contributed by atoms with Gasteiger partial charge in [-0.1, -0.05) is 30.3 Å². The molecule has 0 fully saturated rings. The maximum absolute atomic E-state index is 11.3. The van der Waals surface area contributed by atoms with Crippen molar-refractivity contribution in [3.8, 4) is 5.75 Å². The monoisotopic (exact) mass is 259 g/mol. The van der Waals surface area contributed by atoms with E-state index in [2.05, 4.69) is 4.74 Å². The zero-order valence-corrected chi connectivity index (χ0v) is 10.8. The van der Waals surface area contributed by atoms with Crippen molar-refractivity contribution in [1.29, 1.82) is 0 Å². The summed E-state index contributed by atoms with van der Waals surface area (Å²) in [6.07, 6.45) is 1.18. The third-order valence-corrected chi connectivity index (χ3v) is 3.22. The van der Waals surface area contributed by atoms with Gasteiger partial charge in [-0.3, -0.25) is 4.79 Å². The number of aromatic hydroxyl groups is 1. The number of hydrogen-bond acceptors (Lipinski definition) is 4. The first-order chi connectivity index (χ1) is 9.13. The number of hydrogen-bond donors (Lipinski definition) is 2. The zero-order chi connectivity index (χ0) is 13.8. The first-order valence-corrected chi connectivity index (χ1v) is 6.16. The second-order valence-electron chi connectivity index (χ2n) is 4.46. The number of aryl methyl sites for hydroxylation is 1. The fourth-order valence-corrected chi connectivity index (χ4v) is 2.14. The van der Waals surface area contributed by atoms with Crippen LogP contribution in [0, 0.1) is 0 Å². The van der Waals surface area contributed by atoms with E-state index in [1.807, 2.05) is 30.3 Å². The van der Waals surface area contributed by atoms with Crippen molar-refractivity contribution in [3.05, 3.63) is 42.0 Å². The molecular weight excluding hydrogens is 242 g/mol. The highest BCUT2D eigenvalue weighted by atomic mass is 16.5. The van der Waals surface area contributed by atoms with Crippen molar-refractivity contribution in [3.63, 3.8) is 0 Å². The molecule has 0 saturated carbocycles. The fourth-order valence-electron chi connectivity index (χ4n) is 2.14. The molecular formula is C15H17NO3. The molecule has 100 valence electrons. The van der Waals surface area contributed by atoms with E-state index >= 15 is 0 Å². The third kappa shape index (κ3) is 2.85. The number of phenols is 1. The Balaban J connectivity index is 2.22. The molecule has 2 aromatic carbocycles. The lowest BCUT2D eigenvalue weighted by Crippen LogP contribution is -2.31. The van der Waals surface area contributed by atoms with Crippen LogP contribution in [0.3, 0.4) is 0 Å². The molecule has 4 nitrogen and oxygen atoms in total. The molecule has 2 aromatic rings. The molecule has 0 aliphatic rings. The van der Waals surface area contributed by atoms with Crippen molar-refractivity contribution in [2.24, 2.45) is 5.73 Å². The second-order valence-corrected chi connectivity index (χ2v) is 4.46. The van der Waals surface area contributed by atoms with Crippen LogP contribution in [0.25, 0.3) is 10.8 Å². The molecule has 0 bridgehead atoms. The van der Waals surface area contributed by atoms with E-state index in [1.165, 1.54) is 7.11 Å². The molecule has 0 aliphatic carbocycles. The van der Waals surface area contributed by atoms with Crippen molar-refractivity contribution >= 4 is 16.7 Å². The van der Waals surface area contributed by atoms with E-state index in [9.17, 15) is 9.90 Å². The standard InChI is InChI=1S/C15H17NO3/c1-19-15(18)13(16)8-6-10-7-9-14(17)12-5-3-2-4-11(10)12/h2-5,7,9,13,17H,6,8,16H2,1H3. The summed E-state index contributed by atoms with van der Waals surface area (Å²) in [5.41, 5.74) is 6.79. The predicted octanol–water partition coefficient (Wildman–Crippen LogP) is 1.98. The van der Waals surface area contributed by atoms with Crippen LogP contribution in [0.5, 0.6) is 5.75 Å². The molecule has 0 spiro atoms. The molecule has 19 heavy (non-hydrogen) atoms. The van der Waals surface area contributed by atoms with Crippen LogP contribution in [0.1, 0.15) is 12.0 Å². The summed E-state index contributed by atoms with van der Waals surface area (Å²) in [6, 6.07) is 10.5. The normalized spacial score (nSPS) is 12.3. The van der Waals surface area contributed by atoms with Crippen molar-refractivity contribution in [2.45, 2.75) is 18.9 Å². The highest BCUT2D eigenvalue weighted by Crippen LogP contribution is 2.28. The average molecular weight is 259 g/mol. The largest absolute Gasteiger partial charge is 0.507 e. The van der Waals surface area contributed by atoms with Crippen LogP contribution < -0.4 is 5.73 Å². The number of nitrogens with two attached hydrogens (primary N) is 1. The van der Waals surface area contributed by atoms with Gasteiger partial charge in [-0.05, 0) is 29.9 Å². The maximum Gasteiger partial charge on any atom is 0.322 e. The molecule has 0 amide bonds. The number of phenolic OH excluding ortho intramolecular Hbond substituents is 1. The van der Waals surface area contributed by atoms with Crippen LogP contribution in [-0.4, -0.2) is 24.2 Å². The topological polar surface area (TPSA) is 72.5 Å². The van der Waals surface area contributed by atoms with Gasteiger partial charge in [0.1, 0.15) is 11.8 Å². The number of rotatable bonds is 4. The summed E-state index contributed by atoms with van der Waals surface area (Å²) >= 11 is 0. The Hall–Kier alpha value is -2.07. The Morgan fingerprint density at radius 3 is 2.63 bits per heavy atom. The van der Waals surface area contributed by atoms with Crippen LogP contribution >= 0.6 is 0 Å². The summed E-state index contributed by atoms with van der Waals surface area (Å²) < 4.78 is 4.60. The lowest BCUT2D eigenvalue weighted by Gasteiger charge is -2.11. The molecule has 0 aliphatic heterocycles. The molecule has 1 atom stereocenters. The predicted molar refractivity (Wildman–Crippen MR) is 73.9 cm³/mol. The number of ether oxygens (including phenoxy) is 1. The highest BCUT2D eigenvalue weighted by Gasteiger charge is 2.14. The first-order valence-electron chi connectivity index (χ1n) is 6.16. The van der Waals surface area contributed by atoms with E-state index in [0.717, 1.165) is 16.3 Å². The molecule has 1 unspecified atom stereocenters. The number of fused-ring (bicyclic) bond motifs is 1. The van der Waals surface area contributed by atoms with Gasteiger partial charge in [0.25, 0.3) is 0 Å². The van der Waals surface area contributed by atoms with Gasteiger partial charge in [-0.25, -0.2) is 0 Å². The van der Waals surface area contributed by atoms with E-state index < -0.39 is 12.0 Å². The van der Waals surface area contributed by atoms with Gasteiger partial charge in [-0.15, -0.1) is 0 Å². The Labute approximate surface area is 111 Å². The van der Waals surface area contributed by atoms with Gasteiger partial charge >= 0.3 is 5.97 Å². The lowest BCUT2D eigenvalue weighted by atomic mass is 9.98. The van der Waals surface area contributed by atoms with Crippen molar-refractivity contribution in [1.82, 2.24) is 0 Å². The number of methoxy groups -OCH3 is 1. The second kappa shape index (κ2) is 5.71. The lowest BCUT2D eigenvalue weighted by molar-refractivity contribution is -0.142. The Kier molecular flexibility index (Phi) is 4.02. The van der Waals surface area contributed by atoms with Crippen LogP contribution in [0.4, 0.5) is 0 Å². The van der Waals surface area contributed by atoms with E-state index in [1.54, 1.807) is 6.07 Å². The Bertz CT molecular complexity index is 595. The Morgan fingerprint density at radius 2 is 1.95 bits per heavy atom. The van der Waals surface area contributed by atoms with Gasteiger partial charge in [0.05, 0.1) is 7.11 Å². The summed E-state index contributed by atoms with van der Waals surface area (Å²) in [4.78, 5) is 11.3. The van der Waals surface area contributed by atoms with Crippen molar-refractivity contribution < 1.29 is 14.6 Å². The van der Waals surface area contributed by atoms with Gasteiger partial charge in [-0.2, -0.15) is 0 Å². The van der Waals surface area contributed by atoms with E-state index in [0.29, 0.717) is 12.8 Å². The van der Waals surface area contributed by atoms with Gasteiger partial charge in [0.2, 0.25) is 0 Å². The molecule has 0 aromatic heterocycles. The summed E-state index contributed by atoms with van der Waals surface area (Å²) in [6.45, 7) is 0. The summed E-state index contributed by atoms with van der Waals surface area (Å²) in [5, 5.41) is 11.6. The molecule has 4 heteroatoms. The fraction of sp³-hybridized carbons (Fsp3) is 0.267. The smallest absolute Gasteiger partial charge is 0.322 e. The minimum absolute atomic E-state index is 0.261. The maximum atomic E-state index is 11.3. The van der Waals surface area contributed by atoms with Crippen LogP contribution in [0.2, 0.25) is 0 Å². The molecule has 0 heterocycles. The van der Waals surface area contributed by atoms with Crippen LogP contribution in [0.15, 0.2) is 36.4 Å². The minimum Gasteiger partial charge on any atom is -0.507 e.